The molecule has 11 heavy (non-hydrogen) atoms. The average molecular weight is 339 g/mol. The van der Waals surface area contributed by atoms with Crippen molar-refractivity contribution in [1.82, 2.24) is 0 Å². The van der Waals surface area contributed by atoms with Gasteiger partial charge in [0.25, 0.3) is 0 Å². The molecule has 1 aromatic carbocycles. The summed E-state index contributed by atoms with van der Waals surface area (Å²) in [5.41, 5.74) is 0. The van der Waals surface area contributed by atoms with Crippen LogP contribution in [-0.2, 0) is 0 Å². The van der Waals surface area contributed by atoms with Crippen LogP contribution in [-0.4, -0.2) is 0 Å². The van der Waals surface area contributed by atoms with Crippen molar-refractivity contribution >= 4 is 59.9 Å². The zero-order valence-corrected chi connectivity index (χ0v) is 10.0. The molecule has 0 amide bonds. The lowest BCUT2D eigenvalue weighted by molar-refractivity contribution is 1.77. The third-order valence-electron chi connectivity index (χ3n) is 1.45. The Bertz CT molecular complexity index is 394. The van der Waals surface area contributed by atoms with Crippen molar-refractivity contribution in [2.75, 3.05) is 0 Å². The molecular formula is C8H4BrIS. The van der Waals surface area contributed by atoms with Crippen molar-refractivity contribution in [3.8, 4) is 0 Å². The summed E-state index contributed by atoms with van der Waals surface area (Å²) in [6.07, 6.45) is 0. The van der Waals surface area contributed by atoms with Gasteiger partial charge in [-0.3, -0.25) is 0 Å². The molecule has 0 aliphatic rings. The fraction of sp³-hybridized carbons (Fsp3) is 0. The molecule has 1 heterocycles. The summed E-state index contributed by atoms with van der Waals surface area (Å²) in [6.45, 7) is 0. The Labute approximate surface area is 90.9 Å². The monoisotopic (exact) mass is 338 g/mol. The van der Waals surface area contributed by atoms with Gasteiger partial charge >= 0.3 is 0 Å². The summed E-state index contributed by atoms with van der Waals surface area (Å²) in [4.78, 5) is 0. The first-order chi connectivity index (χ1) is 5.25. The summed E-state index contributed by atoms with van der Waals surface area (Å²) in [5.74, 6) is 0. The number of halogens is 2. The Kier molecular flexibility index (Phi) is 2.21. The lowest BCUT2D eigenvalue weighted by Crippen LogP contribution is -1.61. The predicted molar refractivity (Wildman–Crippen MR) is 62.2 cm³/mol. The van der Waals surface area contributed by atoms with E-state index in [0.717, 1.165) is 4.47 Å². The maximum Gasteiger partial charge on any atom is 0.0666 e. The zero-order chi connectivity index (χ0) is 7.84. The molecule has 0 aliphatic carbocycles. The average Bonchev–Trinajstić information content (AvgIpc) is 2.27. The van der Waals surface area contributed by atoms with E-state index in [1.165, 1.54) is 13.0 Å². The minimum atomic E-state index is 1.16. The second-order valence-electron chi connectivity index (χ2n) is 2.23. The van der Waals surface area contributed by atoms with Gasteiger partial charge in [-0.2, -0.15) is 0 Å². The number of benzene rings is 1. The predicted octanol–water partition coefficient (Wildman–Crippen LogP) is 4.27. The molecule has 0 N–H and O–H groups in total. The molecule has 0 nitrogen and oxygen atoms in total. The van der Waals surface area contributed by atoms with Gasteiger partial charge < -0.3 is 0 Å². The number of fused-ring (bicyclic) bond motifs is 1. The van der Waals surface area contributed by atoms with Crippen molar-refractivity contribution in [3.63, 3.8) is 0 Å². The Morgan fingerprint density at radius 2 is 2.09 bits per heavy atom. The van der Waals surface area contributed by atoms with E-state index >= 15 is 0 Å². The van der Waals surface area contributed by atoms with E-state index in [-0.39, 0.29) is 0 Å². The van der Waals surface area contributed by atoms with Crippen LogP contribution in [0.1, 0.15) is 0 Å². The van der Waals surface area contributed by atoms with Crippen LogP contribution in [0.25, 0.3) is 10.1 Å². The van der Waals surface area contributed by atoms with Crippen molar-refractivity contribution in [1.29, 1.82) is 0 Å². The third kappa shape index (κ3) is 1.60. The van der Waals surface area contributed by atoms with Crippen LogP contribution in [0.3, 0.4) is 0 Å². The van der Waals surface area contributed by atoms with Gasteiger partial charge in [-0.25, -0.2) is 0 Å². The Hall–Kier alpha value is 0.390. The van der Waals surface area contributed by atoms with E-state index in [1.807, 2.05) is 11.3 Å². The molecule has 0 atom stereocenters. The van der Waals surface area contributed by atoms with Gasteiger partial charge in [0, 0.05) is 9.17 Å². The molecule has 1 aromatic heterocycles. The van der Waals surface area contributed by atoms with Gasteiger partial charge in [0.1, 0.15) is 0 Å². The van der Waals surface area contributed by atoms with Crippen LogP contribution in [0.5, 0.6) is 0 Å². The molecule has 0 saturated heterocycles. The van der Waals surface area contributed by atoms with Crippen molar-refractivity contribution in [3.05, 3.63) is 31.6 Å². The van der Waals surface area contributed by atoms with Crippen LogP contribution in [0.2, 0.25) is 0 Å². The fourth-order valence-corrected chi connectivity index (χ4v) is 3.36. The van der Waals surface area contributed by atoms with Gasteiger partial charge in [-0.1, -0.05) is 22.0 Å². The number of thiophene rings is 1. The van der Waals surface area contributed by atoms with Crippen LogP contribution in [0, 0.1) is 2.88 Å². The molecule has 2 rings (SSSR count). The van der Waals surface area contributed by atoms with E-state index in [0.29, 0.717) is 0 Å². The first-order valence-electron chi connectivity index (χ1n) is 3.10. The van der Waals surface area contributed by atoms with E-state index in [2.05, 4.69) is 62.8 Å². The van der Waals surface area contributed by atoms with E-state index < -0.39 is 0 Å². The summed E-state index contributed by atoms with van der Waals surface area (Å²) in [5, 5.41) is 1.34. The minimum absolute atomic E-state index is 1.16. The molecule has 0 radical (unpaired) electrons. The molecule has 56 valence electrons. The normalized spacial score (nSPS) is 10.7. The molecule has 0 unspecified atom stereocenters. The SMILES string of the molecule is Brc1ccc2cc(I)sc2c1. The lowest BCUT2D eigenvalue weighted by atomic mass is 10.3. The Morgan fingerprint density at radius 1 is 1.27 bits per heavy atom. The highest BCUT2D eigenvalue weighted by atomic mass is 127. The quantitative estimate of drug-likeness (QED) is 0.629. The molecule has 0 bridgehead atoms. The lowest BCUT2D eigenvalue weighted by Gasteiger charge is -1.88. The standard InChI is InChI=1S/C8H4BrIS/c9-6-2-1-5-3-8(10)11-7(5)4-6/h1-4H. The third-order valence-corrected chi connectivity index (χ3v) is 3.80. The van der Waals surface area contributed by atoms with Gasteiger partial charge in [0.15, 0.2) is 0 Å². The van der Waals surface area contributed by atoms with E-state index in [9.17, 15) is 0 Å². The first-order valence-corrected chi connectivity index (χ1v) is 5.79. The van der Waals surface area contributed by atoms with Gasteiger partial charge in [0.2, 0.25) is 0 Å². The van der Waals surface area contributed by atoms with Crippen LogP contribution >= 0.6 is 49.9 Å². The molecule has 0 fully saturated rings. The maximum absolute atomic E-state index is 3.45. The highest BCUT2D eigenvalue weighted by Gasteiger charge is 1.98. The number of hydrogen-bond acceptors (Lipinski definition) is 1. The summed E-state index contributed by atoms with van der Waals surface area (Å²) in [7, 11) is 0. The number of hydrogen-bond donors (Lipinski definition) is 0. The maximum atomic E-state index is 3.45. The van der Waals surface area contributed by atoms with Gasteiger partial charge in [-0.05, 0) is 46.2 Å². The topological polar surface area (TPSA) is 0 Å². The van der Waals surface area contributed by atoms with Crippen molar-refractivity contribution in [2.45, 2.75) is 0 Å². The van der Waals surface area contributed by atoms with Crippen LogP contribution in [0.4, 0.5) is 0 Å². The van der Waals surface area contributed by atoms with E-state index in [1.54, 1.807) is 0 Å². The molecule has 0 saturated carbocycles. The fourth-order valence-electron chi connectivity index (χ4n) is 0.973. The summed E-state index contributed by atoms with van der Waals surface area (Å²) in [6, 6.07) is 8.57. The van der Waals surface area contributed by atoms with Crippen molar-refractivity contribution in [2.24, 2.45) is 0 Å². The highest BCUT2D eigenvalue weighted by molar-refractivity contribution is 14.1. The summed E-state index contributed by atoms with van der Waals surface area (Å²) < 4.78 is 3.85. The smallest absolute Gasteiger partial charge is 0.0666 e. The number of rotatable bonds is 0. The minimum Gasteiger partial charge on any atom is -0.129 e. The molecule has 3 heteroatoms. The van der Waals surface area contributed by atoms with Gasteiger partial charge in [0.05, 0.1) is 2.88 Å². The highest BCUT2D eigenvalue weighted by Crippen LogP contribution is 2.28. The molecule has 0 aliphatic heterocycles. The summed E-state index contributed by atoms with van der Waals surface area (Å²) >= 11 is 7.62. The van der Waals surface area contributed by atoms with E-state index in [4.69, 9.17) is 0 Å². The van der Waals surface area contributed by atoms with Crippen LogP contribution < -0.4 is 0 Å². The molecular weight excluding hydrogens is 335 g/mol. The van der Waals surface area contributed by atoms with Crippen molar-refractivity contribution < 1.29 is 0 Å². The van der Waals surface area contributed by atoms with Gasteiger partial charge in [-0.15, -0.1) is 11.3 Å². The largest absolute Gasteiger partial charge is 0.129 e. The molecule has 2 aromatic rings. The second-order valence-corrected chi connectivity index (χ2v) is 6.13. The Morgan fingerprint density at radius 3 is 2.91 bits per heavy atom. The first kappa shape index (κ1) is 8.01. The van der Waals surface area contributed by atoms with Crippen LogP contribution in [0.15, 0.2) is 28.7 Å². The molecule has 0 spiro atoms. The Balaban J connectivity index is 2.82. The second kappa shape index (κ2) is 3.03. The zero-order valence-electron chi connectivity index (χ0n) is 5.47.